The van der Waals surface area contributed by atoms with E-state index < -0.39 is 11.9 Å². The molecule has 7 heteroatoms. The van der Waals surface area contributed by atoms with E-state index in [0.717, 1.165) is 34.4 Å². The molecular formula is C12H14N4O2S. The van der Waals surface area contributed by atoms with Crippen molar-refractivity contribution in [2.45, 2.75) is 25.2 Å². The lowest BCUT2D eigenvalue weighted by Crippen LogP contribution is -2.17. The van der Waals surface area contributed by atoms with Crippen molar-refractivity contribution in [2.24, 2.45) is 7.05 Å². The Bertz CT molecular complexity index is 619. The Balaban J connectivity index is 1.87. The number of anilines is 2. The predicted octanol–water partition coefficient (Wildman–Crippen LogP) is 2.12. The molecule has 100 valence electrons. The van der Waals surface area contributed by atoms with E-state index in [-0.39, 0.29) is 0 Å². The molecule has 1 unspecified atom stereocenters. The summed E-state index contributed by atoms with van der Waals surface area (Å²) < 4.78 is 1.70. The highest BCUT2D eigenvalue weighted by Crippen LogP contribution is 2.37. The van der Waals surface area contributed by atoms with Crippen LogP contribution in [-0.2, 0) is 18.3 Å². The van der Waals surface area contributed by atoms with Gasteiger partial charge in [0.15, 0.2) is 10.9 Å². The quantitative estimate of drug-likeness (QED) is 0.899. The molecule has 1 aliphatic rings. The maximum atomic E-state index is 11.2. The van der Waals surface area contributed by atoms with E-state index in [9.17, 15) is 9.90 Å². The van der Waals surface area contributed by atoms with Gasteiger partial charge in [0.25, 0.3) is 0 Å². The van der Waals surface area contributed by atoms with E-state index >= 15 is 0 Å². The summed E-state index contributed by atoms with van der Waals surface area (Å²) >= 11 is 1.53. The number of carbonyl (C=O) groups is 1. The smallest absolute Gasteiger partial charge is 0.312 e. The molecular weight excluding hydrogens is 264 g/mol. The predicted molar refractivity (Wildman–Crippen MR) is 71.9 cm³/mol. The molecule has 6 nitrogen and oxygen atoms in total. The highest BCUT2D eigenvalue weighted by Gasteiger charge is 2.30. The summed E-state index contributed by atoms with van der Waals surface area (Å²) in [5.41, 5.74) is 0.724. The summed E-state index contributed by atoms with van der Waals surface area (Å²) in [5, 5.41) is 17.3. The Morgan fingerprint density at radius 1 is 1.63 bits per heavy atom. The minimum atomic E-state index is -0.782. The lowest BCUT2D eigenvalue weighted by atomic mass is 9.91. The van der Waals surface area contributed by atoms with Gasteiger partial charge in [0, 0.05) is 24.2 Å². The standard InChI is InChI=1S/C12H14N4O2S/c1-16-6-5-9(15-16)13-12-14-10-7(11(17)18)3-2-4-8(10)19-12/h5-7H,2-4H2,1H3,(H,17,18)(H,13,14,15). The fourth-order valence-electron chi connectivity index (χ4n) is 2.30. The lowest BCUT2D eigenvalue weighted by Gasteiger charge is -2.16. The van der Waals surface area contributed by atoms with Crippen molar-refractivity contribution < 1.29 is 9.90 Å². The number of aromatic nitrogens is 3. The van der Waals surface area contributed by atoms with E-state index in [1.165, 1.54) is 11.3 Å². The zero-order chi connectivity index (χ0) is 13.4. The molecule has 2 heterocycles. The topological polar surface area (TPSA) is 80.0 Å². The van der Waals surface area contributed by atoms with Crippen LogP contribution in [0.4, 0.5) is 10.9 Å². The number of nitrogens with one attached hydrogen (secondary N) is 1. The maximum Gasteiger partial charge on any atom is 0.312 e. The number of carboxylic acid groups (broad SMARTS) is 1. The third kappa shape index (κ3) is 2.33. The van der Waals surface area contributed by atoms with Gasteiger partial charge in [-0.2, -0.15) is 5.10 Å². The Morgan fingerprint density at radius 2 is 2.47 bits per heavy atom. The van der Waals surface area contributed by atoms with Gasteiger partial charge in [-0.15, -0.1) is 11.3 Å². The molecule has 1 aliphatic carbocycles. The van der Waals surface area contributed by atoms with Gasteiger partial charge in [0.05, 0.1) is 5.69 Å². The fourth-order valence-corrected chi connectivity index (χ4v) is 3.38. The van der Waals surface area contributed by atoms with Gasteiger partial charge in [0.2, 0.25) is 0 Å². The van der Waals surface area contributed by atoms with Crippen LogP contribution in [0.2, 0.25) is 0 Å². The molecule has 2 N–H and O–H groups in total. The second-order valence-electron chi connectivity index (χ2n) is 4.61. The van der Waals surface area contributed by atoms with Crippen molar-refractivity contribution in [1.29, 1.82) is 0 Å². The zero-order valence-electron chi connectivity index (χ0n) is 10.5. The van der Waals surface area contributed by atoms with Crippen molar-refractivity contribution in [3.05, 3.63) is 22.8 Å². The van der Waals surface area contributed by atoms with Crippen LogP contribution in [0.1, 0.15) is 29.3 Å². The Morgan fingerprint density at radius 3 is 3.16 bits per heavy atom. The molecule has 0 aromatic carbocycles. The van der Waals surface area contributed by atoms with Crippen molar-refractivity contribution in [3.63, 3.8) is 0 Å². The minimum Gasteiger partial charge on any atom is -0.481 e. The summed E-state index contributed by atoms with van der Waals surface area (Å²) in [6.45, 7) is 0. The van der Waals surface area contributed by atoms with E-state index in [4.69, 9.17) is 0 Å². The summed E-state index contributed by atoms with van der Waals surface area (Å²) in [4.78, 5) is 16.7. The first-order valence-corrected chi connectivity index (χ1v) is 6.94. The van der Waals surface area contributed by atoms with Gasteiger partial charge < -0.3 is 10.4 Å². The zero-order valence-corrected chi connectivity index (χ0v) is 11.3. The summed E-state index contributed by atoms with van der Waals surface area (Å²) in [5.74, 6) is -0.518. The van der Waals surface area contributed by atoms with E-state index in [1.54, 1.807) is 4.68 Å². The molecule has 0 radical (unpaired) electrons. The van der Waals surface area contributed by atoms with Crippen LogP contribution in [0.3, 0.4) is 0 Å². The van der Waals surface area contributed by atoms with Crippen LogP contribution < -0.4 is 5.32 Å². The molecule has 0 aliphatic heterocycles. The second kappa shape index (κ2) is 4.65. The van der Waals surface area contributed by atoms with Gasteiger partial charge in [-0.3, -0.25) is 9.48 Å². The normalized spacial score (nSPS) is 18.1. The maximum absolute atomic E-state index is 11.2. The minimum absolute atomic E-state index is 0.459. The Labute approximate surface area is 114 Å². The number of aryl methyl sites for hydroxylation is 2. The molecule has 2 aromatic heterocycles. The lowest BCUT2D eigenvalue weighted by molar-refractivity contribution is -0.139. The fraction of sp³-hybridized carbons (Fsp3) is 0.417. The molecule has 0 fully saturated rings. The Kier molecular flexibility index (Phi) is 2.98. The Hall–Kier alpha value is -1.89. The molecule has 3 rings (SSSR count). The van der Waals surface area contributed by atoms with Gasteiger partial charge in [-0.1, -0.05) is 0 Å². The van der Waals surface area contributed by atoms with Crippen LogP contribution in [0, 0.1) is 0 Å². The number of nitrogens with zero attached hydrogens (tertiary/aromatic N) is 3. The van der Waals surface area contributed by atoms with Crippen LogP contribution in [-0.4, -0.2) is 25.8 Å². The largest absolute Gasteiger partial charge is 0.481 e. The van der Waals surface area contributed by atoms with Crippen LogP contribution in [0.5, 0.6) is 0 Å². The number of carboxylic acids is 1. The third-order valence-corrected chi connectivity index (χ3v) is 4.25. The van der Waals surface area contributed by atoms with Crippen molar-refractivity contribution in [1.82, 2.24) is 14.8 Å². The molecule has 0 amide bonds. The van der Waals surface area contributed by atoms with Crippen LogP contribution in [0.15, 0.2) is 12.3 Å². The van der Waals surface area contributed by atoms with Crippen LogP contribution >= 0.6 is 11.3 Å². The van der Waals surface area contributed by atoms with Crippen molar-refractivity contribution >= 4 is 28.3 Å². The molecule has 0 bridgehead atoms. The average molecular weight is 278 g/mol. The summed E-state index contributed by atoms with van der Waals surface area (Å²) in [7, 11) is 1.85. The molecule has 0 saturated carbocycles. The van der Waals surface area contributed by atoms with Gasteiger partial charge in [-0.25, -0.2) is 4.98 Å². The van der Waals surface area contributed by atoms with E-state index in [1.807, 2.05) is 19.3 Å². The van der Waals surface area contributed by atoms with E-state index in [2.05, 4.69) is 15.4 Å². The summed E-state index contributed by atoms with van der Waals surface area (Å²) in [6.07, 6.45) is 4.35. The molecule has 1 atom stereocenters. The highest BCUT2D eigenvalue weighted by molar-refractivity contribution is 7.15. The summed E-state index contributed by atoms with van der Waals surface area (Å²) in [6, 6.07) is 1.86. The third-order valence-electron chi connectivity index (χ3n) is 3.20. The molecule has 2 aromatic rings. The van der Waals surface area contributed by atoms with Gasteiger partial charge in [-0.05, 0) is 19.3 Å². The van der Waals surface area contributed by atoms with Crippen molar-refractivity contribution in [3.8, 4) is 0 Å². The number of aliphatic carboxylic acids is 1. The van der Waals surface area contributed by atoms with Gasteiger partial charge >= 0.3 is 5.97 Å². The highest BCUT2D eigenvalue weighted by atomic mass is 32.1. The molecule has 19 heavy (non-hydrogen) atoms. The number of fused-ring (bicyclic) bond motifs is 1. The average Bonchev–Trinajstić information content (AvgIpc) is 2.94. The number of thiazole rings is 1. The second-order valence-corrected chi connectivity index (χ2v) is 5.69. The first kappa shape index (κ1) is 12.2. The van der Waals surface area contributed by atoms with Crippen molar-refractivity contribution in [2.75, 3.05) is 5.32 Å². The SMILES string of the molecule is Cn1ccc(Nc2nc3c(s2)CCCC3C(=O)O)n1. The monoisotopic (exact) mass is 278 g/mol. The number of rotatable bonds is 3. The van der Waals surface area contributed by atoms with E-state index in [0.29, 0.717) is 6.42 Å². The van der Waals surface area contributed by atoms with Crippen LogP contribution in [0.25, 0.3) is 0 Å². The molecule has 0 saturated heterocycles. The number of hydrogen-bond donors (Lipinski definition) is 2. The molecule has 0 spiro atoms. The number of hydrogen-bond acceptors (Lipinski definition) is 5. The van der Waals surface area contributed by atoms with Gasteiger partial charge in [0.1, 0.15) is 5.92 Å². The first-order valence-electron chi connectivity index (χ1n) is 6.12. The first-order chi connectivity index (χ1) is 9.13.